The van der Waals surface area contributed by atoms with Crippen molar-refractivity contribution in [3.63, 3.8) is 0 Å². The van der Waals surface area contributed by atoms with Crippen molar-refractivity contribution in [2.45, 2.75) is 50.8 Å². The minimum absolute atomic E-state index is 0.522. The van der Waals surface area contributed by atoms with Crippen LogP contribution in [-0.4, -0.2) is 49.8 Å². The standard InChI is InChI=1S/C12H24N2O/c1-3-14-6-4-5-11(14)9-13-10-7-12(8-10)15-2/h10-13H,3-9H2,1-2H3. The van der Waals surface area contributed by atoms with E-state index in [9.17, 15) is 0 Å². The maximum Gasteiger partial charge on any atom is 0.0601 e. The molecule has 2 fully saturated rings. The molecule has 0 radical (unpaired) electrons. The molecule has 2 aliphatic rings. The first-order valence-corrected chi connectivity index (χ1v) is 6.33. The third kappa shape index (κ3) is 2.71. The second-order valence-corrected chi connectivity index (χ2v) is 4.86. The fourth-order valence-electron chi connectivity index (χ4n) is 2.77. The Bertz CT molecular complexity index is 192. The third-order valence-electron chi connectivity index (χ3n) is 3.98. The molecule has 1 saturated heterocycles. The molecule has 0 aromatic carbocycles. The van der Waals surface area contributed by atoms with E-state index in [0.717, 1.165) is 6.04 Å². The van der Waals surface area contributed by atoms with Gasteiger partial charge >= 0.3 is 0 Å². The Hall–Kier alpha value is -0.120. The van der Waals surface area contributed by atoms with Gasteiger partial charge in [0.1, 0.15) is 0 Å². The molecule has 1 atom stereocenters. The lowest BCUT2D eigenvalue weighted by Gasteiger charge is -2.36. The molecular formula is C12H24N2O. The van der Waals surface area contributed by atoms with Crippen molar-refractivity contribution < 1.29 is 4.74 Å². The zero-order valence-corrected chi connectivity index (χ0v) is 10.0. The lowest BCUT2D eigenvalue weighted by Crippen LogP contribution is -2.49. The van der Waals surface area contributed by atoms with Crippen LogP contribution in [0.4, 0.5) is 0 Å². The molecule has 1 heterocycles. The molecule has 3 heteroatoms. The summed E-state index contributed by atoms with van der Waals surface area (Å²) in [7, 11) is 1.82. The molecule has 0 amide bonds. The zero-order valence-electron chi connectivity index (χ0n) is 10.0. The van der Waals surface area contributed by atoms with Crippen molar-refractivity contribution in [1.82, 2.24) is 10.2 Å². The van der Waals surface area contributed by atoms with E-state index in [1.165, 1.54) is 45.3 Å². The number of hydrogen-bond acceptors (Lipinski definition) is 3. The predicted octanol–water partition coefficient (Wildman–Crippen LogP) is 1.24. The van der Waals surface area contributed by atoms with Gasteiger partial charge in [-0.3, -0.25) is 4.90 Å². The largest absolute Gasteiger partial charge is 0.381 e. The van der Waals surface area contributed by atoms with Crippen LogP contribution in [0.2, 0.25) is 0 Å². The SMILES string of the molecule is CCN1CCCC1CNC1CC(OC)C1. The highest BCUT2D eigenvalue weighted by Gasteiger charge is 2.30. The number of nitrogens with one attached hydrogen (secondary N) is 1. The summed E-state index contributed by atoms with van der Waals surface area (Å²) in [5.74, 6) is 0. The molecule has 3 nitrogen and oxygen atoms in total. The van der Waals surface area contributed by atoms with E-state index in [4.69, 9.17) is 4.74 Å². The molecule has 1 aliphatic heterocycles. The Morgan fingerprint density at radius 3 is 2.87 bits per heavy atom. The van der Waals surface area contributed by atoms with Crippen LogP contribution in [0, 0.1) is 0 Å². The maximum atomic E-state index is 5.28. The van der Waals surface area contributed by atoms with Crippen LogP contribution < -0.4 is 5.32 Å². The van der Waals surface area contributed by atoms with Gasteiger partial charge in [0.2, 0.25) is 0 Å². The lowest BCUT2D eigenvalue weighted by atomic mass is 9.89. The summed E-state index contributed by atoms with van der Waals surface area (Å²) in [6.07, 6.45) is 5.69. The summed E-state index contributed by atoms with van der Waals surface area (Å²) < 4.78 is 5.28. The Balaban J connectivity index is 1.62. The van der Waals surface area contributed by atoms with Gasteiger partial charge in [-0.25, -0.2) is 0 Å². The van der Waals surface area contributed by atoms with Crippen LogP contribution in [0.1, 0.15) is 32.6 Å². The molecule has 1 aliphatic carbocycles. The molecule has 15 heavy (non-hydrogen) atoms. The first-order chi connectivity index (χ1) is 7.33. The van der Waals surface area contributed by atoms with Crippen molar-refractivity contribution in [2.24, 2.45) is 0 Å². The van der Waals surface area contributed by atoms with Gasteiger partial charge in [0.25, 0.3) is 0 Å². The van der Waals surface area contributed by atoms with Crippen LogP contribution in [0.5, 0.6) is 0 Å². The van der Waals surface area contributed by atoms with Crippen molar-refractivity contribution in [2.75, 3.05) is 26.7 Å². The Morgan fingerprint density at radius 1 is 1.40 bits per heavy atom. The second-order valence-electron chi connectivity index (χ2n) is 4.86. The number of nitrogens with zero attached hydrogens (tertiary/aromatic N) is 1. The average molecular weight is 212 g/mol. The normalized spacial score (nSPS) is 36.8. The Morgan fingerprint density at radius 2 is 2.20 bits per heavy atom. The predicted molar refractivity (Wildman–Crippen MR) is 62.1 cm³/mol. The first-order valence-electron chi connectivity index (χ1n) is 6.33. The highest BCUT2D eigenvalue weighted by atomic mass is 16.5. The van der Waals surface area contributed by atoms with Gasteiger partial charge in [0.15, 0.2) is 0 Å². The van der Waals surface area contributed by atoms with Gasteiger partial charge in [-0.2, -0.15) is 0 Å². The molecule has 0 aromatic heterocycles. The van der Waals surface area contributed by atoms with E-state index in [1.807, 2.05) is 7.11 Å². The molecule has 88 valence electrons. The summed E-state index contributed by atoms with van der Waals surface area (Å²) in [5, 5.41) is 3.67. The van der Waals surface area contributed by atoms with Crippen molar-refractivity contribution in [3.8, 4) is 0 Å². The number of rotatable bonds is 5. The van der Waals surface area contributed by atoms with Crippen LogP contribution in [0.15, 0.2) is 0 Å². The monoisotopic (exact) mass is 212 g/mol. The van der Waals surface area contributed by atoms with Crippen LogP contribution in [0.3, 0.4) is 0 Å². The fourth-order valence-corrected chi connectivity index (χ4v) is 2.77. The minimum atomic E-state index is 0.522. The fraction of sp³-hybridized carbons (Fsp3) is 1.00. The van der Waals surface area contributed by atoms with E-state index < -0.39 is 0 Å². The lowest BCUT2D eigenvalue weighted by molar-refractivity contribution is 0.0160. The number of hydrogen-bond donors (Lipinski definition) is 1. The number of ether oxygens (including phenoxy) is 1. The van der Waals surface area contributed by atoms with Crippen molar-refractivity contribution in [3.05, 3.63) is 0 Å². The van der Waals surface area contributed by atoms with Gasteiger partial charge in [-0.1, -0.05) is 6.92 Å². The maximum absolute atomic E-state index is 5.28. The van der Waals surface area contributed by atoms with Crippen LogP contribution in [0.25, 0.3) is 0 Å². The Kier molecular flexibility index (Phi) is 4.00. The van der Waals surface area contributed by atoms with Gasteiger partial charge in [0, 0.05) is 25.7 Å². The van der Waals surface area contributed by atoms with Gasteiger partial charge < -0.3 is 10.1 Å². The summed E-state index contributed by atoms with van der Waals surface area (Å²) >= 11 is 0. The molecule has 0 aromatic rings. The van der Waals surface area contributed by atoms with Gasteiger partial charge in [-0.05, 0) is 38.8 Å². The van der Waals surface area contributed by atoms with E-state index >= 15 is 0 Å². The molecule has 1 N–H and O–H groups in total. The van der Waals surface area contributed by atoms with Crippen LogP contribution >= 0.6 is 0 Å². The van der Waals surface area contributed by atoms with Gasteiger partial charge in [0.05, 0.1) is 6.10 Å². The topological polar surface area (TPSA) is 24.5 Å². The molecule has 0 bridgehead atoms. The highest BCUT2D eigenvalue weighted by Crippen LogP contribution is 2.23. The summed E-state index contributed by atoms with van der Waals surface area (Å²) in [5.41, 5.74) is 0. The second kappa shape index (κ2) is 5.28. The summed E-state index contributed by atoms with van der Waals surface area (Å²) in [4.78, 5) is 2.60. The minimum Gasteiger partial charge on any atom is -0.381 e. The van der Waals surface area contributed by atoms with Gasteiger partial charge in [-0.15, -0.1) is 0 Å². The van der Waals surface area contributed by atoms with E-state index in [2.05, 4.69) is 17.1 Å². The van der Waals surface area contributed by atoms with Crippen molar-refractivity contribution >= 4 is 0 Å². The Labute approximate surface area is 93.2 Å². The number of likely N-dealkylation sites (tertiary alicyclic amines) is 1. The van der Waals surface area contributed by atoms with E-state index in [0.29, 0.717) is 12.1 Å². The quantitative estimate of drug-likeness (QED) is 0.742. The molecule has 2 rings (SSSR count). The molecule has 0 spiro atoms. The number of likely N-dealkylation sites (N-methyl/N-ethyl adjacent to an activating group) is 1. The van der Waals surface area contributed by atoms with Crippen molar-refractivity contribution in [1.29, 1.82) is 0 Å². The molecular weight excluding hydrogens is 188 g/mol. The zero-order chi connectivity index (χ0) is 10.7. The smallest absolute Gasteiger partial charge is 0.0601 e. The van der Waals surface area contributed by atoms with E-state index in [-0.39, 0.29) is 0 Å². The highest BCUT2D eigenvalue weighted by molar-refractivity contribution is 4.88. The summed E-state index contributed by atoms with van der Waals surface area (Å²) in [6.45, 7) is 5.95. The van der Waals surface area contributed by atoms with Crippen LogP contribution in [-0.2, 0) is 4.74 Å². The molecule has 1 unspecified atom stereocenters. The molecule has 1 saturated carbocycles. The van der Waals surface area contributed by atoms with E-state index in [1.54, 1.807) is 0 Å². The number of methoxy groups -OCH3 is 1. The first kappa shape index (κ1) is 11.4. The average Bonchev–Trinajstić information content (AvgIpc) is 2.63. The summed E-state index contributed by atoms with van der Waals surface area (Å²) in [6, 6.07) is 1.51. The third-order valence-corrected chi connectivity index (χ3v) is 3.98.